The molecule has 1 aliphatic carbocycles. The SMILES string of the molecule is [CH]1C=CCC=CCC=CCC=CCC1. The van der Waals surface area contributed by atoms with Crippen LogP contribution in [0, 0.1) is 6.42 Å². The minimum Gasteiger partial charge on any atom is -0.0882 e. The van der Waals surface area contributed by atoms with E-state index in [2.05, 4.69) is 55.0 Å². The summed E-state index contributed by atoms with van der Waals surface area (Å²) in [5, 5.41) is 0. The molecule has 1 aliphatic rings. The van der Waals surface area contributed by atoms with E-state index in [4.69, 9.17) is 0 Å². The fourth-order valence-corrected chi connectivity index (χ4v) is 1.30. The van der Waals surface area contributed by atoms with E-state index in [9.17, 15) is 0 Å². The van der Waals surface area contributed by atoms with Gasteiger partial charge in [0.15, 0.2) is 0 Å². The summed E-state index contributed by atoms with van der Waals surface area (Å²) in [6, 6.07) is 0. The lowest BCUT2D eigenvalue weighted by Crippen LogP contribution is -1.71. The summed E-state index contributed by atoms with van der Waals surface area (Å²) >= 11 is 0. The Morgan fingerprint density at radius 2 is 1.07 bits per heavy atom. The van der Waals surface area contributed by atoms with Gasteiger partial charge in [0.25, 0.3) is 0 Å². The first-order valence-corrected chi connectivity index (χ1v) is 5.43. The quantitative estimate of drug-likeness (QED) is 0.494. The lowest BCUT2D eigenvalue weighted by atomic mass is 10.2. The average molecular weight is 187 g/mol. The van der Waals surface area contributed by atoms with Crippen LogP contribution in [0.2, 0.25) is 0 Å². The van der Waals surface area contributed by atoms with E-state index in [0.29, 0.717) is 0 Å². The molecule has 0 saturated carbocycles. The van der Waals surface area contributed by atoms with E-state index in [1.807, 2.05) is 0 Å². The molecule has 0 aromatic carbocycles. The smallest absolute Gasteiger partial charge is 0.0167 e. The van der Waals surface area contributed by atoms with Gasteiger partial charge in [0.2, 0.25) is 0 Å². The third-order valence-corrected chi connectivity index (χ3v) is 2.09. The maximum Gasteiger partial charge on any atom is -0.0167 e. The summed E-state index contributed by atoms with van der Waals surface area (Å²) in [4.78, 5) is 0. The summed E-state index contributed by atoms with van der Waals surface area (Å²) < 4.78 is 0. The fourth-order valence-electron chi connectivity index (χ4n) is 1.30. The second-order valence-electron chi connectivity index (χ2n) is 3.36. The van der Waals surface area contributed by atoms with Crippen LogP contribution in [0.25, 0.3) is 0 Å². The van der Waals surface area contributed by atoms with Crippen molar-refractivity contribution in [3.05, 3.63) is 55.0 Å². The van der Waals surface area contributed by atoms with Gasteiger partial charge < -0.3 is 0 Å². The fraction of sp³-hybridized carbons (Fsp3) is 0.357. The van der Waals surface area contributed by atoms with Crippen molar-refractivity contribution >= 4 is 0 Å². The number of hydrogen-bond acceptors (Lipinski definition) is 0. The molecule has 0 fully saturated rings. The Morgan fingerprint density at radius 1 is 0.500 bits per heavy atom. The molecule has 0 atom stereocenters. The number of hydrogen-bond donors (Lipinski definition) is 0. The summed E-state index contributed by atoms with van der Waals surface area (Å²) in [7, 11) is 0. The molecular weight excluding hydrogens is 168 g/mol. The zero-order valence-corrected chi connectivity index (χ0v) is 8.73. The summed E-state index contributed by atoms with van der Waals surface area (Å²) in [6.45, 7) is 0. The van der Waals surface area contributed by atoms with Gasteiger partial charge in [-0.05, 0) is 38.5 Å². The van der Waals surface area contributed by atoms with Gasteiger partial charge in [0, 0.05) is 0 Å². The Bertz CT molecular complexity index is 204. The first-order valence-electron chi connectivity index (χ1n) is 5.43. The molecule has 14 heavy (non-hydrogen) atoms. The summed E-state index contributed by atoms with van der Waals surface area (Å²) in [5.41, 5.74) is 0. The minimum atomic E-state index is 1.06. The third-order valence-electron chi connectivity index (χ3n) is 2.09. The van der Waals surface area contributed by atoms with E-state index >= 15 is 0 Å². The Kier molecular flexibility index (Phi) is 6.74. The van der Waals surface area contributed by atoms with Gasteiger partial charge >= 0.3 is 0 Å². The Balaban J connectivity index is 2.34. The highest BCUT2D eigenvalue weighted by molar-refractivity contribution is 5.03. The van der Waals surface area contributed by atoms with Crippen molar-refractivity contribution < 1.29 is 0 Å². The topological polar surface area (TPSA) is 0 Å². The van der Waals surface area contributed by atoms with Gasteiger partial charge in [-0.3, -0.25) is 0 Å². The van der Waals surface area contributed by atoms with Crippen LogP contribution in [0.5, 0.6) is 0 Å². The first-order chi connectivity index (χ1) is 7.00. The molecule has 0 nitrogen and oxygen atoms in total. The molecule has 0 aromatic rings. The predicted octanol–water partition coefficient (Wildman–Crippen LogP) is 4.38. The second kappa shape index (κ2) is 8.55. The van der Waals surface area contributed by atoms with Gasteiger partial charge in [-0.1, -0.05) is 48.6 Å². The van der Waals surface area contributed by atoms with Crippen LogP contribution in [0.1, 0.15) is 32.1 Å². The van der Waals surface area contributed by atoms with Crippen LogP contribution in [-0.4, -0.2) is 0 Å². The van der Waals surface area contributed by atoms with Crippen LogP contribution in [0.3, 0.4) is 0 Å². The Hall–Kier alpha value is -1.04. The first kappa shape index (κ1) is 11.0. The summed E-state index contributed by atoms with van der Waals surface area (Å²) in [6.07, 6.45) is 25.5. The lowest BCUT2D eigenvalue weighted by Gasteiger charge is -1.91. The molecule has 0 saturated heterocycles. The normalized spacial score (nSPS) is 19.4. The molecule has 0 N–H and O–H groups in total. The second-order valence-corrected chi connectivity index (χ2v) is 3.36. The van der Waals surface area contributed by atoms with Crippen LogP contribution in [-0.2, 0) is 0 Å². The van der Waals surface area contributed by atoms with Crippen molar-refractivity contribution in [2.75, 3.05) is 0 Å². The van der Waals surface area contributed by atoms with Crippen molar-refractivity contribution in [2.24, 2.45) is 0 Å². The molecule has 0 unspecified atom stereocenters. The highest BCUT2D eigenvalue weighted by atomic mass is 13.9. The maximum absolute atomic E-state index is 2.26. The molecular formula is C14H19. The monoisotopic (exact) mass is 187 g/mol. The van der Waals surface area contributed by atoms with Gasteiger partial charge in [0.05, 0.1) is 0 Å². The van der Waals surface area contributed by atoms with Crippen LogP contribution < -0.4 is 0 Å². The standard InChI is InChI=1S/C14H19/c1-2-4-6-8-10-12-14-13-11-9-7-5-3-1/h1-3,6,8-9,11-12,14H,4-5,7,10,13H2. The van der Waals surface area contributed by atoms with Crippen molar-refractivity contribution in [3.63, 3.8) is 0 Å². The van der Waals surface area contributed by atoms with Crippen molar-refractivity contribution in [1.29, 1.82) is 0 Å². The molecule has 1 rings (SSSR count). The maximum atomic E-state index is 2.26. The van der Waals surface area contributed by atoms with Gasteiger partial charge in [0.1, 0.15) is 0 Å². The van der Waals surface area contributed by atoms with E-state index in [1.165, 1.54) is 0 Å². The van der Waals surface area contributed by atoms with Gasteiger partial charge in [-0.15, -0.1) is 0 Å². The molecule has 0 heteroatoms. The van der Waals surface area contributed by atoms with Crippen molar-refractivity contribution in [1.82, 2.24) is 0 Å². The zero-order valence-electron chi connectivity index (χ0n) is 8.73. The lowest BCUT2D eigenvalue weighted by molar-refractivity contribution is 0.996. The van der Waals surface area contributed by atoms with E-state index in [0.717, 1.165) is 32.1 Å². The highest BCUT2D eigenvalue weighted by Gasteiger charge is 1.81. The average Bonchev–Trinajstić information content (AvgIpc) is 2.22. The summed E-state index contributed by atoms with van der Waals surface area (Å²) in [5.74, 6) is 0. The molecule has 0 amide bonds. The zero-order chi connectivity index (χ0) is 9.90. The van der Waals surface area contributed by atoms with E-state index in [1.54, 1.807) is 0 Å². The molecule has 75 valence electrons. The highest BCUT2D eigenvalue weighted by Crippen LogP contribution is 2.01. The molecule has 0 bridgehead atoms. The van der Waals surface area contributed by atoms with Gasteiger partial charge in [-0.25, -0.2) is 0 Å². The number of allylic oxidation sites excluding steroid dienone is 8. The largest absolute Gasteiger partial charge is 0.0882 e. The van der Waals surface area contributed by atoms with Crippen LogP contribution in [0.15, 0.2) is 48.6 Å². The molecule has 0 aromatic heterocycles. The minimum absolute atomic E-state index is 1.06. The molecule has 0 heterocycles. The number of rotatable bonds is 0. The van der Waals surface area contributed by atoms with E-state index in [-0.39, 0.29) is 0 Å². The van der Waals surface area contributed by atoms with Crippen LogP contribution in [0.4, 0.5) is 0 Å². The van der Waals surface area contributed by atoms with Crippen molar-refractivity contribution in [2.45, 2.75) is 32.1 Å². The molecule has 0 aliphatic heterocycles. The van der Waals surface area contributed by atoms with Crippen LogP contribution >= 0.6 is 0 Å². The Labute approximate surface area is 87.7 Å². The molecule has 1 radical (unpaired) electrons. The Morgan fingerprint density at radius 3 is 1.79 bits per heavy atom. The predicted molar refractivity (Wildman–Crippen MR) is 63.9 cm³/mol. The molecule has 0 spiro atoms. The third kappa shape index (κ3) is 6.47. The van der Waals surface area contributed by atoms with E-state index < -0.39 is 0 Å². The van der Waals surface area contributed by atoms with Gasteiger partial charge in [-0.2, -0.15) is 0 Å². The van der Waals surface area contributed by atoms with Crippen molar-refractivity contribution in [3.8, 4) is 0 Å².